The lowest BCUT2D eigenvalue weighted by molar-refractivity contribution is -0.154. The fraction of sp³-hybridized carbons (Fsp3) is 0.333. The molecule has 0 unspecified atom stereocenters. The third-order valence-corrected chi connectivity index (χ3v) is 0.547. The van der Waals surface area contributed by atoms with Crippen LogP contribution in [-0.4, -0.2) is 11.9 Å². The second-order valence-electron chi connectivity index (χ2n) is 1.41. The van der Waals surface area contributed by atoms with E-state index in [1.54, 1.807) is 6.92 Å². The van der Waals surface area contributed by atoms with Crippen LogP contribution in [0, 0.1) is 0 Å². The average Bonchev–Trinajstić information content (AvgIpc) is 1.63. The molecule has 9 heavy (non-hydrogen) atoms. The van der Waals surface area contributed by atoms with Gasteiger partial charge in [-0.15, -0.1) is 0 Å². The van der Waals surface area contributed by atoms with Crippen LogP contribution in [0.2, 0.25) is 0 Å². The zero-order chi connectivity index (χ0) is 7.28. The molecule has 3 heteroatoms. The topological polar surface area (TPSA) is 43.4 Å². The fourth-order valence-electron chi connectivity index (χ4n) is 0.312. The molecule has 0 N–H and O–H groups in total. The van der Waals surface area contributed by atoms with E-state index in [0.29, 0.717) is 0 Å². The van der Waals surface area contributed by atoms with Gasteiger partial charge in [0.1, 0.15) is 0 Å². The van der Waals surface area contributed by atoms with E-state index in [-0.39, 0.29) is 0 Å². The van der Waals surface area contributed by atoms with E-state index >= 15 is 0 Å². The third-order valence-electron chi connectivity index (χ3n) is 0.547. The Morgan fingerprint density at radius 1 is 1.44 bits per heavy atom. The van der Waals surface area contributed by atoms with Gasteiger partial charge < -0.3 is 4.74 Å². The number of carbonyl (C=O) groups excluding carboxylic acids is 2. The molecule has 0 saturated carbocycles. The molecule has 0 radical (unpaired) electrons. The predicted octanol–water partition coefficient (Wildman–Crippen LogP) is 0.652. The van der Waals surface area contributed by atoms with E-state index < -0.39 is 11.9 Å². The zero-order valence-corrected chi connectivity index (χ0v) is 5.38. The molecule has 3 nitrogen and oxygen atoms in total. The standard InChI is InChI=1S/C6H8O3/c1-3-4-6(8)9-5(2)7/h3-4H,1-2H3/b4-3-. The maximum atomic E-state index is 10.3. The van der Waals surface area contributed by atoms with Crippen molar-refractivity contribution in [2.45, 2.75) is 13.8 Å². The van der Waals surface area contributed by atoms with Gasteiger partial charge in [-0.3, -0.25) is 4.79 Å². The number of hydrogen-bond donors (Lipinski definition) is 0. The first kappa shape index (κ1) is 7.88. The Hall–Kier alpha value is -1.12. The van der Waals surface area contributed by atoms with E-state index in [9.17, 15) is 9.59 Å². The molecule has 0 spiro atoms. The molecule has 0 aliphatic carbocycles. The Bertz CT molecular complexity index is 146. The highest BCUT2D eigenvalue weighted by Gasteiger charge is 1.97. The summed E-state index contributed by atoms with van der Waals surface area (Å²) in [6, 6.07) is 0. The van der Waals surface area contributed by atoms with Crippen LogP contribution < -0.4 is 0 Å². The molecule has 0 aromatic rings. The van der Waals surface area contributed by atoms with Gasteiger partial charge in [0.25, 0.3) is 0 Å². The van der Waals surface area contributed by atoms with Gasteiger partial charge in [0.2, 0.25) is 0 Å². The van der Waals surface area contributed by atoms with Crippen LogP contribution in [0.15, 0.2) is 12.2 Å². The summed E-state index contributed by atoms with van der Waals surface area (Å²) in [7, 11) is 0. The van der Waals surface area contributed by atoms with Crippen LogP contribution >= 0.6 is 0 Å². The molecule has 0 heterocycles. The normalized spacial score (nSPS) is 9.56. The zero-order valence-electron chi connectivity index (χ0n) is 5.38. The van der Waals surface area contributed by atoms with Crippen LogP contribution in [0.3, 0.4) is 0 Å². The summed E-state index contributed by atoms with van der Waals surface area (Å²) in [6.07, 6.45) is 2.69. The van der Waals surface area contributed by atoms with Crippen LogP contribution in [0.25, 0.3) is 0 Å². The molecule has 0 amide bonds. The summed E-state index contributed by atoms with van der Waals surface area (Å²) in [5.41, 5.74) is 0. The second-order valence-corrected chi connectivity index (χ2v) is 1.41. The number of carbonyl (C=O) groups is 2. The number of hydrogen-bond acceptors (Lipinski definition) is 3. The minimum Gasteiger partial charge on any atom is -0.390 e. The maximum Gasteiger partial charge on any atom is 0.338 e. The van der Waals surface area contributed by atoms with Crippen molar-refractivity contribution in [3.63, 3.8) is 0 Å². The van der Waals surface area contributed by atoms with Gasteiger partial charge in [-0.05, 0) is 6.92 Å². The predicted molar refractivity (Wildman–Crippen MR) is 31.6 cm³/mol. The first-order chi connectivity index (χ1) is 4.16. The van der Waals surface area contributed by atoms with Crippen molar-refractivity contribution in [1.82, 2.24) is 0 Å². The van der Waals surface area contributed by atoms with E-state index in [1.165, 1.54) is 19.1 Å². The SMILES string of the molecule is C/C=C\C(=O)OC(C)=O. The Morgan fingerprint density at radius 3 is 2.33 bits per heavy atom. The summed E-state index contributed by atoms with van der Waals surface area (Å²) >= 11 is 0. The summed E-state index contributed by atoms with van der Waals surface area (Å²) in [5.74, 6) is -1.21. The molecular formula is C6H8O3. The van der Waals surface area contributed by atoms with E-state index in [4.69, 9.17) is 0 Å². The van der Waals surface area contributed by atoms with Crippen molar-refractivity contribution >= 4 is 11.9 Å². The molecule has 50 valence electrons. The van der Waals surface area contributed by atoms with Crippen molar-refractivity contribution < 1.29 is 14.3 Å². The lowest BCUT2D eigenvalue weighted by atomic mass is 10.5. The first-order valence-electron chi connectivity index (χ1n) is 2.52. The molecule has 0 aliphatic heterocycles. The van der Waals surface area contributed by atoms with Crippen molar-refractivity contribution in [2.75, 3.05) is 0 Å². The largest absolute Gasteiger partial charge is 0.390 e. The Kier molecular flexibility index (Phi) is 3.35. The van der Waals surface area contributed by atoms with Crippen molar-refractivity contribution in [3.8, 4) is 0 Å². The lowest BCUT2D eigenvalue weighted by Gasteiger charge is -1.90. The van der Waals surface area contributed by atoms with Gasteiger partial charge in [0, 0.05) is 13.0 Å². The number of ether oxygens (including phenoxy) is 1. The molecule has 0 bridgehead atoms. The molecule has 0 aromatic carbocycles. The summed E-state index contributed by atoms with van der Waals surface area (Å²) < 4.78 is 4.13. The minimum absolute atomic E-state index is 0.585. The van der Waals surface area contributed by atoms with Gasteiger partial charge in [0.15, 0.2) is 0 Å². The third kappa shape index (κ3) is 4.74. The van der Waals surface area contributed by atoms with Crippen molar-refractivity contribution in [3.05, 3.63) is 12.2 Å². The van der Waals surface area contributed by atoms with Gasteiger partial charge in [-0.25, -0.2) is 4.79 Å². The maximum absolute atomic E-state index is 10.3. The molecule has 0 aromatic heterocycles. The quantitative estimate of drug-likeness (QED) is 0.296. The van der Waals surface area contributed by atoms with E-state index in [2.05, 4.69) is 4.74 Å². The molecule has 0 fully saturated rings. The van der Waals surface area contributed by atoms with Crippen molar-refractivity contribution in [2.24, 2.45) is 0 Å². The number of allylic oxidation sites excluding steroid dienone is 1. The summed E-state index contributed by atoms with van der Waals surface area (Å²) in [5, 5.41) is 0. The molecule has 0 saturated heterocycles. The lowest BCUT2D eigenvalue weighted by Crippen LogP contribution is -2.04. The van der Waals surface area contributed by atoms with Gasteiger partial charge >= 0.3 is 11.9 Å². The summed E-state index contributed by atoms with van der Waals surface area (Å²) in [4.78, 5) is 20.4. The van der Waals surface area contributed by atoms with Crippen LogP contribution in [0.4, 0.5) is 0 Å². The number of rotatable bonds is 1. The van der Waals surface area contributed by atoms with Gasteiger partial charge in [0.05, 0.1) is 0 Å². The Morgan fingerprint density at radius 2 is 2.00 bits per heavy atom. The highest BCUT2D eigenvalue weighted by molar-refractivity contribution is 5.91. The highest BCUT2D eigenvalue weighted by atomic mass is 16.6. The number of esters is 2. The first-order valence-corrected chi connectivity index (χ1v) is 2.52. The monoisotopic (exact) mass is 128 g/mol. The molecule has 0 rings (SSSR count). The van der Waals surface area contributed by atoms with E-state index in [1.807, 2.05) is 0 Å². The Labute approximate surface area is 53.3 Å². The highest BCUT2D eigenvalue weighted by Crippen LogP contribution is 1.80. The van der Waals surface area contributed by atoms with Crippen LogP contribution in [-0.2, 0) is 14.3 Å². The van der Waals surface area contributed by atoms with Crippen LogP contribution in [0.5, 0.6) is 0 Å². The average molecular weight is 128 g/mol. The minimum atomic E-state index is -0.620. The van der Waals surface area contributed by atoms with E-state index in [0.717, 1.165) is 0 Å². The van der Waals surface area contributed by atoms with Crippen molar-refractivity contribution in [1.29, 1.82) is 0 Å². The molecular weight excluding hydrogens is 120 g/mol. The second kappa shape index (κ2) is 3.83. The van der Waals surface area contributed by atoms with Gasteiger partial charge in [-0.2, -0.15) is 0 Å². The molecule has 0 atom stereocenters. The molecule has 0 aliphatic rings. The Balaban J connectivity index is 3.64. The van der Waals surface area contributed by atoms with Gasteiger partial charge in [-0.1, -0.05) is 6.08 Å². The summed E-state index contributed by atoms with van der Waals surface area (Å²) in [6.45, 7) is 2.85. The van der Waals surface area contributed by atoms with Crippen LogP contribution in [0.1, 0.15) is 13.8 Å². The fourth-order valence-corrected chi connectivity index (χ4v) is 0.312. The smallest absolute Gasteiger partial charge is 0.338 e.